The molecule has 0 aliphatic carbocycles. The summed E-state index contributed by atoms with van der Waals surface area (Å²) in [6.45, 7) is 6.33. The van der Waals surface area contributed by atoms with Crippen LogP contribution in [0.5, 0.6) is 11.5 Å². The average Bonchev–Trinajstić information content (AvgIpc) is 2.93. The molecule has 1 heterocycles. The molecule has 3 rings (SSSR count). The highest BCUT2D eigenvalue weighted by molar-refractivity contribution is 8.27. The monoisotopic (exact) mass is 467 g/mol. The summed E-state index contributed by atoms with van der Waals surface area (Å²) >= 11 is 18.7. The zero-order valence-electron chi connectivity index (χ0n) is 16.1. The molecule has 0 aromatic heterocycles. The molecule has 2 aromatic rings. The topological polar surface area (TPSA) is 38.8 Å². The first kappa shape index (κ1) is 22.0. The SMILES string of the molecule is CCOc1cc(/C=C2\SC(=S)N(c3ccc(Cl)c(Cl)c3)C2=O)ccc1OC(C)C. The van der Waals surface area contributed by atoms with Crippen LogP contribution in [0.2, 0.25) is 10.0 Å². The Hall–Kier alpha value is -1.73. The second kappa shape index (κ2) is 9.39. The molecule has 1 fully saturated rings. The van der Waals surface area contributed by atoms with E-state index in [0.29, 0.717) is 43.1 Å². The second-order valence-corrected chi connectivity index (χ2v) is 8.91. The van der Waals surface area contributed by atoms with Crippen molar-refractivity contribution in [2.24, 2.45) is 0 Å². The largest absolute Gasteiger partial charge is 0.490 e. The first-order valence-corrected chi connectivity index (χ1v) is 10.9. The Bertz CT molecular complexity index is 992. The molecule has 4 nitrogen and oxygen atoms in total. The Morgan fingerprint density at radius 1 is 1.14 bits per heavy atom. The van der Waals surface area contributed by atoms with Gasteiger partial charge in [-0.2, -0.15) is 0 Å². The normalized spacial score (nSPS) is 15.5. The highest BCUT2D eigenvalue weighted by atomic mass is 35.5. The fraction of sp³-hybridized carbons (Fsp3) is 0.238. The molecule has 8 heteroatoms. The number of rotatable bonds is 6. The van der Waals surface area contributed by atoms with Crippen molar-refractivity contribution in [3.05, 3.63) is 56.9 Å². The van der Waals surface area contributed by atoms with Crippen molar-refractivity contribution in [2.45, 2.75) is 26.9 Å². The maximum atomic E-state index is 13.0. The summed E-state index contributed by atoms with van der Waals surface area (Å²) in [4.78, 5) is 14.9. The first-order valence-electron chi connectivity index (χ1n) is 8.96. The lowest BCUT2D eigenvalue weighted by Gasteiger charge is -2.15. The van der Waals surface area contributed by atoms with Crippen molar-refractivity contribution >= 4 is 69.2 Å². The van der Waals surface area contributed by atoms with Crippen molar-refractivity contribution in [3.63, 3.8) is 0 Å². The van der Waals surface area contributed by atoms with Crippen LogP contribution in [0.4, 0.5) is 5.69 Å². The van der Waals surface area contributed by atoms with Crippen LogP contribution in [0.25, 0.3) is 6.08 Å². The van der Waals surface area contributed by atoms with E-state index in [1.807, 2.05) is 39.0 Å². The van der Waals surface area contributed by atoms with Gasteiger partial charge in [0.15, 0.2) is 15.8 Å². The van der Waals surface area contributed by atoms with Crippen molar-refractivity contribution < 1.29 is 14.3 Å². The molecule has 0 unspecified atom stereocenters. The Morgan fingerprint density at radius 2 is 1.90 bits per heavy atom. The molecule has 1 amide bonds. The Labute approximate surface area is 189 Å². The number of thioether (sulfide) groups is 1. The predicted octanol–water partition coefficient (Wildman–Crippen LogP) is 6.59. The van der Waals surface area contributed by atoms with E-state index in [2.05, 4.69) is 0 Å². The first-order chi connectivity index (χ1) is 13.8. The lowest BCUT2D eigenvalue weighted by Crippen LogP contribution is -2.27. The number of carbonyl (C=O) groups excluding carboxylic acids is 1. The molecular weight excluding hydrogens is 449 g/mol. The number of halogens is 2. The number of amides is 1. The van der Waals surface area contributed by atoms with Crippen molar-refractivity contribution in [1.29, 1.82) is 0 Å². The number of nitrogens with zero attached hydrogens (tertiary/aromatic N) is 1. The number of ether oxygens (including phenoxy) is 2. The van der Waals surface area contributed by atoms with Crippen LogP contribution in [-0.4, -0.2) is 22.9 Å². The third-order valence-corrected chi connectivity index (χ3v) is 5.92. The van der Waals surface area contributed by atoms with E-state index < -0.39 is 0 Å². The van der Waals surface area contributed by atoms with Gasteiger partial charge in [0.05, 0.1) is 33.3 Å². The number of thiocarbonyl (C=S) groups is 1. The quantitative estimate of drug-likeness (QED) is 0.354. The number of benzene rings is 2. The van der Waals surface area contributed by atoms with Gasteiger partial charge in [0.25, 0.3) is 5.91 Å². The van der Waals surface area contributed by atoms with Gasteiger partial charge in [0.2, 0.25) is 0 Å². The van der Waals surface area contributed by atoms with E-state index in [1.54, 1.807) is 24.3 Å². The number of carbonyl (C=O) groups is 1. The van der Waals surface area contributed by atoms with E-state index in [9.17, 15) is 4.79 Å². The van der Waals surface area contributed by atoms with Crippen LogP contribution in [0.15, 0.2) is 41.3 Å². The fourth-order valence-electron chi connectivity index (χ4n) is 2.70. The molecular formula is C21H19Cl2NO3S2. The third-order valence-electron chi connectivity index (χ3n) is 3.88. The maximum Gasteiger partial charge on any atom is 0.270 e. The van der Waals surface area contributed by atoms with E-state index in [-0.39, 0.29) is 12.0 Å². The minimum Gasteiger partial charge on any atom is -0.490 e. The van der Waals surface area contributed by atoms with Crippen LogP contribution in [-0.2, 0) is 4.79 Å². The average molecular weight is 468 g/mol. The highest BCUT2D eigenvalue weighted by Gasteiger charge is 2.33. The van der Waals surface area contributed by atoms with Crippen molar-refractivity contribution in [1.82, 2.24) is 0 Å². The molecule has 0 N–H and O–H groups in total. The Balaban J connectivity index is 1.90. The molecule has 0 saturated carbocycles. The van der Waals surface area contributed by atoms with Crippen molar-refractivity contribution in [3.8, 4) is 11.5 Å². The van der Waals surface area contributed by atoms with E-state index >= 15 is 0 Å². The molecule has 29 heavy (non-hydrogen) atoms. The lowest BCUT2D eigenvalue weighted by molar-refractivity contribution is -0.113. The molecule has 1 aliphatic heterocycles. The van der Waals surface area contributed by atoms with E-state index in [1.165, 1.54) is 16.7 Å². The second-order valence-electron chi connectivity index (χ2n) is 6.42. The zero-order chi connectivity index (χ0) is 21.1. The molecule has 0 radical (unpaired) electrons. The van der Waals surface area contributed by atoms with Gasteiger partial charge in [-0.15, -0.1) is 0 Å². The molecule has 1 saturated heterocycles. The molecule has 1 aliphatic rings. The summed E-state index contributed by atoms with van der Waals surface area (Å²) in [5.74, 6) is 1.09. The highest BCUT2D eigenvalue weighted by Crippen LogP contribution is 2.39. The molecule has 0 atom stereocenters. The van der Waals surface area contributed by atoms with Gasteiger partial charge in [0, 0.05) is 0 Å². The molecule has 2 aromatic carbocycles. The summed E-state index contributed by atoms with van der Waals surface area (Å²) in [5.41, 5.74) is 1.40. The third kappa shape index (κ3) is 5.07. The van der Waals surface area contributed by atoms with Crippen LogP contribution in [0.1, 0.15) is 26.3 Å². The minimum atomic E-state index is -0.209. The molecule has 0 bridgehead atoms. The van der Waals surface area contributed by atoms with Gasteiger partial charge in [-0.3, -0.25) is 9.69 Å². The number of anilines is 1. The number of hydrogen-bond acceptors (Lipinski definition) is 5. The smallest absolute Gasteiger partial charge is 0.270 e. The summed E-state index contributed by atoms with van der Waals surface area (Å²) in [7, 11) is 0. The standard InChI is InChI=1S/C21H19Cl2NO3S2/c1-4-26-18-9-13(5-8-17(18)27-12(2)3)10-19-20(25)24(21(28)29-19)14-6-7-15(22)16(23)11-14/h5-12H,4H2,1-3H3/b19-10-. The zero-order valence-corrected chi connectivity index (χ0v) is 19.2. The van der Waals surface area contributed by atoms with E-state index in [0.717, 1.165) is 5.56 Å². The summed E-state index contributed by atoms with van der Waals surface area (Å²) in [6, 6.07) is 10.6. The minimum absolute atomic E-state index is 0.0301. The van der Waals surface area contributed by atoms with Gasteiger partial charge < -0.3 is 9.47 Å². The van der Waals surface area contributed by atoms with Gasteiger partial charge >= 0.3 is 0 Å². The summed E-state index contributed by atoms with van der Waals surface area (Å²) in [5, 5.41) is 0.785. The van der Waals surface area contributed by atoms with Gasteiger partial charge in [0.1, 0.15) is 0 Å². The van der Waals surface area contributed by atoms with Gasteiger partial charge in [-0.25, -0.2) is 0 Å². The van der Waals surface area contributed by atoms with Crippen LogP contribution in [0.3, 0.4) is 0 Å². The van der Waals surface area contributed by atoms with E-state index in [4.69, 9.17) is 44.9 Å². The van der Waals surface area contributed by atoms with Gasteiger partial charge in [-0.1, -0.05) is 53.2 Å². The maximum absolute atomic E-state index is 13.0. The Morgan fingerprint density at radius 3 is 2.55 bits per heavy atom. The van der Waals surface area contributed by atoms with Crippen molar-refractivity contribution in [2.75, 3.05) is 11.5 Å². The predicted molar refractivity (Wildman–Crippen MR) is 125 cm³/mol. The summed E-state index contributed by atoms with van der Waals surface area (Å²) in [6.07, 6.45) is 1.82. The van der Waals surface area contributed by atoms with Crippen LogP contribution >= 0.6 is 47.2 Å². The van der Waals surface area contributed by atoms with Crippen LogP contribution in [0, 0.1) is 0 Å². The van der Waals surface area contributed by atoms with Gasteiger partial charge in [-0.05, 0) is 62.7 Å². The fourth-order valence-corrected chi connectivity index (χ4v) is 4.29. The Kier molecular flexibility index (Phi) is 7.11. The molecule has 152 valence electrons. The van der Waals surface area contributed by atoms with Crippen LogP contribution < -0.4 is 14.4 Å². The molecule has 0 spiro atoms. The lowest BCUT2D eigenvalue weighted by atomic mass is 10.1. The summed E-state index contributed by atoms with van der Waals surface area (Å²) < 4.78 is 11.9. The number of hydrogen-bond donors (Lipinski definition) is 0.